The fourth-order valence-electron chi connectivity index (χ4n) is 1.54. The maximum Gasteiger partial charge on any atom is 0.250 e. The quantitative estimate of drug-likeness (QED) is 0.460. The predicted octanol–water partition coefficient (Wildman–Crippen LogP) is 4.06. The van der Waals surface area contributed by atoms with Crippen LogP contribution in [0.3, 0.4) is 0 Å². The molecule has 9 heteroatoms. The number of nitrogens with one attached hydrogen (secondary N) is 1. The summed E-state index contributed by atoms with van der Waals surface area (Å²) in [7, 11) is 0. The van der Waals surface area contributed by atoms with E-state index in [9.17, 15) is 13.6 Å². The van der Waals surface area contributed by atoms with Gasteiger partial charge in [0.1, 0.15) is 5.82 Å². The Labute approximate surface area is 150 Å². The van der Waals surface area contributed by atoms with Crippen LogP contribution in [0.4, 0.5) is 20.3 Å². The average molecular weight is 535 g/mol. The molecule has 0 radical (unpaired) electrons. The van der Waals surface area contributed by atoms with Crippen LogP contribution in [0.5, 0.6) is 0 Å². The van der Waals surface area contributed by atoms with Gasteiger partial charge in [-0.15, -0.1) is 0 Å². The molecule has 0 aliphatic heterocycles. The van der Waals surface area contributed by atoms with E-state index in [1.54, 1.807) is 12.3 Å². The number of nitrogens with zero attached hydrogens (tertiary/aromatic N) is 1. The van der Waals surface area contributed by atoms with E-state index >= 15 is 0 Å². The molecule has 1 heterocycles. The van der Waals surface area contributed by atoms with Crippen molar-refractivity contribution >= 4 is 74.2 Å². The Morgan fingerprint density at radius 3 is 2.52 bits per heavy atom. The molecule has 0 saturated carbocycles. The molecule has 0 atom stereocenters. The summed E-state index contributed by atoms with van der Waals surface area (Å²) in [5.41, 5.74) is 4.52. The molecule has 3 N–H and O–H groups in total. The summed E-state index contributed by atoms with van der Waals surface area (Å²) in [5, 5.41) is 2.07. The van der Waals surface area contributed by atoms with Crippen molar-refractivity contribution in [1.82, 2.24) is 4.98 Å². The molecule has 0 fully saturated rings. The molecule has 1 aromatic carbocycles. The molecule has 0 unspecified atom stereocenters. The van der Waals surface area contributed by atoms with Crippen LogP contribution < -0.4 is 11.1 Å². The van der Waals surface area contributed by atoms with Crippen molar-refractivity contribution in [2.75, 3.05) is 5.32 Å². The number of carbonyl (C=O) groups excluding carboxylic acids is 1. The highest BCUT2D eigenvalue weighted by molar-refractivity contribution is 14.1. The molecule has 2 rings (SSSR count). The van der Waals surface area contributed by atoms with Crippen LogP contribution in [0.2, 0.25) is 5.02 Å². The minimum atomic E-state index is -1.28. The Morgan fingerprint density at radius 1 is 1.29 bits per heavy atom. The predicted molar refractivity (Wildman–Crippen MR) is 92.8 cm³/mol. The van der Waals surface area contributed by atoms with Crippen molar-refractivity contribution in [1.29, 1.82) is 0 Å². The zero-order chi connectivity index (χ0) is 15.7. The number of primary amides is 1. The van der Waals surface area contributed by atoms with Crippen LogP contribution in [-0.4, -0.2) is 10.9 Å². The van der Waals surface area contributed by atoms with Crippen LogP contribution >= 0.6 is 56.8 Å². The second-order valence-electron chi connectivity index (χ2n) is 3.88. The molecule has 0 saturated heterocycles. The van der Waals surface area contributed by atoms with E-state index in [2.05, 4.69) is 32.9 Å². The Kier molecular flexibility index (Phi) is 5.20. The molecule has 1 amide bonds. The third-order valence-electron chi connectivity index (χ3n) is 2.48. The molecule has 0 spiro atoms. The van der Waals surface area contributed by atoms with Gasteiger partial charge in [0.15, 0.2) is 11.6 Å². The molecule has 0 bridgehead atoms. The van der Waals surface area contributed by atoms with E-state index in [1.807, 2.05) is 22.6 Å². The number of nitrogens with two attached hydrogens (primary N) is 1. The van der Waals surface area contributed by atoms with Gasteiger partial charge < -0.3 is 11.1 Å². The van der Waals surface area contributed by atoms with Crippen molar-refractivity contribution in [3.63, 3.8) is 0 Å². The first-order valence-electron chi connectivity index (χ1n) is 5.36. The largest absolute Gasteiger partial charge is 0.366 e. The van der Waals surface area contributed by atoms with Gasteiger partial charge in [-0.2, -0.15) is 0 Å². The molecule has 1 aromatic heterocycles. The maximum absolute atomic E-state index is 14.0. The van der Waals surface area contributed by atoms with Gasteiger partial charge in [-0.25, -0.2) is 13.8 Å². The highest BCUT2D eigenvalue weighted by Crippen LogP contribution is 2.31. The van der Waals surface area contributed by atoms with Crippen LogP contribution in [-0.2, 0) is 0 Å². The fourth-order valence-corrected chi connectivity index (χ4v) is 3.38. The normalized spacial score (nSPS) is 10.5. The molecule has 0 aliphatic rings. The first-order chi connectivity index (χ1) is 9.81. The summed E-state index contributed by atoms with van der Waals surface area (Å²) < 4.78 is 29.1. The highest BCUT2D eigenvalue weighted by atomic mass is 127. The maximum atomic E-state index is 14.0. The van der Waals surface area contributed by atoms with E-state index < -0.39 is 28.3 Å². The van der Waals surface area contributed by atoms with E-state index in [-0.39, 0.29) is 11.4 Å². The topological polar surface area (TPSA) is 68.0 Å². The number of halogens is 5. The smallest absolute Gasteiger partial charge is 0.250 e. The standard InChI is InChI=1S/C12H6ClF2I2N3O/c13-6-2-5(11(18)21)10(9(15)8(6)14)20-12-7(17)1-4(16)3-19-12/h1-3H,(H2,18,21)(H,19,20). The van der Waals surface area contributed by atoms with Crippen LogP contribution in [0.1, 0.15) is 10.4 Å². The Bertz CT molecular complexity index is 743. The SMILES string of the molecule is NC(=O)c1cc(Cl)c(F)c(F)c1Nc1ncc(I)cc1I. The second-order valence-corrected chi connectivity index (χ2v) is 6.70. The van der Waals surface area contributed by atoms with Gasteiger partial charge in [-0.3, -0.25) is 4.79 Å². The van der Waals surface area contributed by atoms with E-state index in [0.717, 1.165) is 9.64 Å². The Hall–Kier alpha value is -0.750. The number of benzene rings is 1. The number of aromatic nitrogens is 1. The van der Waals surface area contributed by atoms with E-state index in [4.69, 9.17) is 17.3 Å². The highest BCUT2D eigenvalue weighted by Gasteiger charge is 2.21. The summed E-state index contributed by atoms with van der Waals surface area (Å²) in [4.78, 5) is 15.4. The molecular weight excluding hydrogens is 529 g/mol. The van der Waals surface area contributed by atoms with Crippen molar-refractivity contribution < 1.29 is 13.6 Å². The number of carbonyl (C=O) groups is 1. The Balaban J connectivity index is 2.57. The molecule has 4 nitrogen and oxygen atoms in total. The number of amides is 1. The lowest BCUT2D eigenvalue weighted by atomic mass is 10.1. The fraction of sp³-hybridized carbons (Fsp3) is 0. The zero-order valence-electron chi connectivity index (χ0n) is 10.1. The van der Waals surface area contributed by atoms with Crippen molar-refractivity contribution in [3.8, 4) is 0 Å². The number of hydrogen-bond acceptors (Lipinski definition) is 3. The van der Waals surface area contributed by atoms with Gasteiger partial charge in [-0.05, 0) is 57.3 Å². The number of anilines is 2. The molecule has 110 valence electrons. The molecule has 21 heavy (non-hydrogen) atoms. The lowest BCUT2D eigenvalue weighted by molar-refractivity contribution is 0.100. The monoisotopic (exact) mass is 535 g/mol. The summed E-state index contributed by atoms with van der Waals surface area (Å²) in [6.07, 6.45) is 1.54. The van der Waals surface area contributed by atoms with Crippen molar-refractivity contribution in [3.05, 3.63) is 47.7 Å². The lowest BCUT2D eigenvalue weighted by Crippen LogP contribution is -2.16. The average Bonchev–Trinajstić information content (AvgIpc) is 2.41. The van der Waals surface area contributed by atoms with Gasteiger partial charge in [0.05, 0.1) is 19.8 Å². The first-order valence-corrected chi connectivity index (χ1v) is 7.90. The van der Waals surface area contributed by atoms with Crippen LogP contribution in [0.15, 0.2) is 18.3 Å². The van der Waals surface area contributed by atoms with Crippen LogP contribution in [0, 0.1) is 18.8 Å². The Morgan fingerprint density at radius 2 is 1.95 bits per heavy atom. The summed E-state index contributed by atoms with van der Waals surface area (Å²) >= 11 is 9.57. The number of pyridine rings is 1. The molecule has 0 aliphatic carbocycles. The van der Waals surface area contributed by atoms with Gasteiger partial charge in [0, 0.05) is 9.77 Å². The number of rotatable bonds is 3. The third-order valence-corrected chi connectivity index (χ3v) is 4.17. The first kappa shape index (κ1) is 16.6. The van der Waals surface area contributed by atoms with Gasteiger partial charge in [-0.1, -0.05) is 11.6 Å². The van der Waals surface area contributed by atoms with E-state index in [0.29, 0.717) is 3.57 Å². The molecule has 2 aromatic rings. The molecular formula is C12H6ClF2I2N3O. The van der Waals surface area contributed by atoms with Gasteiger partial charge >= 0.3 is 0 Å². The minimum Gasteiger partial charge on any atom is -0.366 e. The third kappa shape index (κ3) is 3.54. The lowest BCUT2D eigenvalue weighted by Gasteiger charge is -2.13. The van der Waals surface area contributed by atoms with E-state index in [1.165, 1.54) is 0 Å². The number of hydrogen-bond donors (Lipinski definition) is 2. The van der Waals surface area contributed by atoms with Gasteiger partial charge in [0.2, 0.25) is 0 Å². The van der Waals surface area contributed by atoms with Crippen molar-refractivity contribution in [2.24, 2.45) is 5.73 Å². The van der Waals surface area contributed by atoms with Crippen LogP contribution in [0.25, 0.3) is 0 Å². The minimum absolute atomic E-state index is 0.255. The van der Waals surface area contributed by atoms with Crippen molar-refractivity contribution in [2.45, 2.75) is 0 Å². The van der Waals surface area contributed by atoms with Gasteiger partial charge in [0.25, 0.3) is 5.91 Å². The summed E-state index contributed by atoms with van der Waals surface area (Å²) in [6, 6.07) is 2.76. The summed E-state index contributed by atoms with van der Waals surface area (Å²) in [5.74, 6) is -3.20. The zero-order valence-corrected chi connectivity index (χ0v) is 15.1. The second kappa shape index (κ2) is 6.57. The summed E-state index contributed by atoms with van der Waals surface area (Å²) in [6.45, 7) is 0.